The lowest BCUT2D eigenvalue weighted by atomic mass is 10.0. The maximum absolute atomic E-state index is 12.9. The fraction of sp³-hybridized carbons (Fsp3) is 0.0800. The van der Waals surface area contributed by atoms with Gasteiger partial charge in [0, 0.05) is 10.8 Å². The molecule has 1 amide bonds. The molecule has 1 atom stereocenters. The van der Waals surface area contributed by atoms with Gasteiger partial charge in [-0.1, -0.05) is 66.7 Å². The maximum Gasteiger partial charge on any atom is 0.275 e. The first-order valence-corrected chi connectivity index (χ1v) is 9.97. The Morgan fingerprint density at radius 3 is 2.45 bits per heavy atom. The van der Waals surface area contributed by atoms with Crippen molar-refractivity contribution in [1.82, 2.24) is 15.1 Å². The standard InChI is InChI=1S/C25H19N3O3/c29-23(16-28-25(30)20-12-6-4-11-19(20)15-26-28)27-24(17-8-2-1-3-9-17)22-14-18-10-5-7-13-21(18)31-22/h1-15,24H,16H2,(H,27,29). The second kappa shape index (κ2) is 7.91. The quantitative estimate of drug-likeness (QED) is 0.475. The van der Waals surface area contributed by atoms with Gasteiger partial charge in [-0.3, -0.25) is 9.59 Å². The van der Waals surface area contributed by atoms with Gasteiger partial charge in [0.2, 0.25) is 5.91 Å². The molecule has 152 valence electrons. The number of rotatable bonds is 5. The highest BCUT2D eigenvalue weighted by molar-refractivity contribution is 5.82. The highest BCUT2D eigenvalue weighted by atomic mass is 16.3. The number of amides is 1. The summed E-state index contributed by atoms with van der Waals surface area (Å²) < 4.78 is 7.20. The van der Waals surface area contributed by atoms with Crippen LogP contribution in [0.1, 0.15) is 17.4 Å². The zero-order valence-corrected chi connectivity index (χ0v) is 16.6. The summed E-state index contributed by atoms with van der Waals surface area (Å²) in [6, 6.07) is 25.9. The van der Waals surface area contributed by atoms with Crippen molar-refractivity contribution >= 4 is 27.6 Å². The van der Waals surface area contributed by atoms with Crippen molar-refractivity contribution in [2.24, 2.45) is 0 Å². The van der Waals surface area contributed by atoms with Crippen LogP contribution in [0.3, 0.4) is 0 Å². The Bertz CT molecular complexity index is 1400. The van der Waals surface area contributed by atoms with E-state index in [1.807, 2.05) is 72.8 Å². The first-order valence-electron chi connectivity index (χ1n) is 9.97. The molecule has 6 heteroatoms. The first-order chi connectivity index (χ1) is 15.2. The maximum atomic E-state index is 12.9. The summed E-state index contributed by atoms with van der Waals surface area (Å²) in [5.41, 5.74) is 1.34. The van der Waals surface area contributed by atoms with Crippen LogP contribution >= 0.6 is 0 Å². The molecule has 0 aliphatic heterocycles. The van der Waals surface area contributed by atoms with Gasteiger partial charge in [-0.2, -0.15) is 5.10 Å². The average Bonchev–Trinajstić information content (AvgIpc) is 3.24. The summed E-state index contributed by atoms with van der Waals surface area (Å²) in [5, 5.41) is 9.39. The Morgan fingerprint density at radius 1 is 0.935 bits per heavy atom. The Morgan fingerprint density at radius 2 is 1.65 bits per heavy atom. The van der Waals surface area contributed by atoms with Gasteiger partial charge in [0.15, 0.2) is 0 Å². The molecule has 1 unspecified atom stereocenters. The van der Waals surface area contributed by atoms with E-state index in [0.29, 0.717) is 11.1 Å². The van der Waals surface area contributed by atoms with E-state index in [-0.39, 0.29) is 18.0 Å². The Hall–Kier alpha value is -4.19. The molecule has 1 N–H and O–H groups in total. The minimum atomic E-state index is -0.489. The van der Waals surface area contributed by atoms with Crippen molar-refractivity contribution in [3.63, 3.8) is 0 Å². The van der Waals surface area contributed by atoms with Crippen molar-refractivity contribution in [2.45, 2.75) is 12.6 Å². The Balaban J connectivity index is 1.46. The van der Waals surface area contributed by atoms with E-state index in [2.05, 4.69) is 10.4 Å². The molecule has 0 spiro atoms. The molecule has 0 aliphatic carbocycles. The van der Waals surface area contributed by atoms with Crippen LogP contribution in [0.15, 0.2) is 100 Å². The number of hydrogen-bond acceptors (Lipinski definition) is 4. The van der Waals surface area contributed by atoms with E-state index < -0.39 is 6.04 Å². The monoisotopic (exact) mass is 409 g/mol. The molecule has 6 nitrogen and oxygen atoms in total. The van der Waals surface area contributed by atoms with E-state index in [9.17, 15) is 9.59 Å². The molecule has 5 aromatic rings. The van der Waals surface area contributed by atoms with Gasteiger partial charge in [-0.15, -0.1) is 0 Å². The van der Waals surface area contributed by atoms with E-state index >= 15 is 0 Å². The van der Waals surface area contributed by atoms with Gasteiger partial charge in [-0.05, 0) is 23.8 Å². The number of para-hydroxylation sites is 1. The highest BCUT2D eigenvalue weighted by Gasteiger charge is 2.21. The molecule has 0 fully saturated rings. The van der Waals surface area contributed by atoms with E-state index in [0.717, 1.165) is 21.9 Å². The lowest BCUT2D eigenvalue weighted by Crippen LogP contribution is -2.36. The van der Waals surface area contributed by atoms with E-state index in [1.165, 1.54) is 4.68 Å². The lowest BCUT2D eigenvalue weighted by Gasteiger charge is -2.17. The molecule has 0 radical (unpaired) electrons. The highest BCUT2D eigenvalue weighted by Crippen LogP contribution is 2.28. The van der Waals surface area contributed by atoms with Gasteiger partial charge in [0.05, 0.1) is 11.6 Å². The van der Waals surface area contributed by atoms with Crippen molar-refractivity contribution in [1.29, 1.82) is 0 Å². The molecule has 2 aromatic heterocycles. The minimum Gasteiger partial charge on any atom is -0.459 e. The summed E-state index contributed by atoms with van der Waals surface area (Å²) in [6.45, 7) is -0.187. The average molecular weight is 409 g/mol. The fourth-order valence-electron chi connectivity index (χ4n) is 3.69. The number of aromatic nitrogens is 2. The van der Waals surface area contributed by atoms with Crippen LogP contribution in [0.5, 0.6) is 0 Å². The zero-order chi connectivity index (χ0) is 21.2. The van der Waals surface area contributed by atoms with E-state index in [1.54, 1.807) is 18.3 Å². The van der Waals surface area contributed by atoms with Crippen LogP contribution in [-0.4, -0.2) is 15.7 Å². The van der Waals surface area contributed by atoms with Gasteiger partial charge < -0.3 is 9.73 Å². The first kappa shape index (κ1) is 18.8. The second-order valence-corrected chi connectivity index (χ2v) is 7.29. The van der Waals surface area contributed by atoms with Gasteiger partial charge in [-0.25, -0.2) is 4.68 Å². The molecule has 0 saturated heterocycles. The third kappa shape index (κ3) is 3.71. The van der Waals surface area contributed by atoms with Crippen molar-refractivity contribution in [2.75, 3.05) is 0 Å². The topological polar surface area (TPSA) is 77.1 Å². The number of benzene rings is 3. The molecule has 3 aromatic carbocycles. The summed E-state index contributed by atoms with van der Waals surface area (Å²) in [5.74, 6) is 0.291. The third-order valence-electron chi connectivity index (χ3n) is 5.22. The minimum absolute atomic E-state index is 0.187. The predicted molar refractivity (Wildman–Crippen MR) is 119 cm³/mol. The number of hydrogen-bond donors (Lipinski definition) is 1. The largest absolute Gasteiger partial charge is 0.459 e. The van der Waals surface area contributed by atoms with Crippen LogP contribution in [0.4, 0.5) is 0 Å². The summed E-state index contributed by atoms with van der Waals surface area (Å²) in [6.07, 6.45) is 1.60. The van der Waals surface area contributed by atoms with Crippen LogP contribution in [0, 0.1) is 0 Å². The Kier molecular flexibility index (Phi) is 4.80. The summed E-state index contributed by atoms with van der Waals surface area (Å²) in [4.78, 5) is 25.6. The zero-order valence-electron chi connectivity index (χ0n) is 16.6. The molecule has 2 heterocycles. The molecular formula is C25H19N3O3. The predicted octanol–water partition coefficient (Wildman–Crippen LogP) is 4.05. The molecule has 0 saturated carbocycles. The van der Waals surface area contributed by atoms with Crippen LogP contribution in [-0.2, 0) is 11.3 Å². The van der Waals surface area contributed by atoms with Gasteiger partial charge in [0.1, 0.15) is 23.9 Å². The normalized spacial score (nSPS) is 12.1. The molecule has 31 heavy (non-hydrogen) atoms. The fourth-order valence-corrected chi connectivity index (χ4v) is 3.69. The molecule has 0 bridgehead atoms. The van der Waals surface area contributed by atoms with Crippen LogP contribution < -0.4 is 10.9 Å². The number of nitrogens with zero attached hydrogens (tertiary/aromatic N) is 2. The lowest BCUT2D eigenvalue weighted by molar-refractivity contribution is -0.122. The van der Waals surface area contributed by atoms with E-state index in [4.69, 9.17) is 4.42 Å². The van der Waals surface area contributed by atoms with Gasteiger partial charge in [0.25, 0.3) is 5.56 Å². The number of furan rings is 1. The summed E-state index contributed by atoms with van der Waals surface area (Å²) >= 11 is 0. The SMILES string of the molecule is O=C(Cn1ncc2ccccc2c1=O)NC(c1ccccc1)c1cc2ccccc2o1. The Labute approximate surface area is 177 Å². The second-order valence-electron chi connectivity index (χ2n) is 7.29. The molecular weight excluding hydrogens is 390 g/mol. The smallest absolute Gasteiger partial charge is 0.275 e. The van der Waals surface area contributed by atoms with Crippen molar-refractivity contribution in [3.05, 3.63) is 113 Å². The molecule has 5 rings (SSSR count). The number of nitrogens with one attached hydrogen (secondary N) is 1. The number of fused-ring (bicyclic) bond motifs is 2. The van der Waals surface area contributed by atoms with Crippen LogP contribution in [0.2, 0.25) is 0 Å². The summed E-state index contributed by atoms with van der Waals surface area (Å²) in [7, 11) is 0. The van der Waals surface area contributed by atoms with Crippen LogP contribution in [0.25, 0.3) is 21.7 Å². The number of carbonyl (C=O) groups is 1. The number of carbonyl (C=O) groups excluding carboxylic acids is 1. The van der Waals surface area contributed by atoms with Crippen molar-refractivity contribution in [3.8, 4) is 0 Å². The van der Waals surface area contributed by atoms with Gasteiger partial charge >= 0.3 is 0 Å². The third-order valence-corrected chi connectivity index (χ3v) is 5.22. The van der Waals surface area contributed by atoms with Crippen molar-refractivity contribution < 1.29 is 9.21 Å². The molecule has 0 aliphatic rings.